The Bertz CT molecular complexity index is 360. The lowest BCUT2D eigenvalue weighted by Crippen LogP contribution is -1.92. The molecule has 0 aliphatic rings. The van der Waals surface area contributed by atoms with Gasteiger partial charge in [0, 0.05) is 17.5 Å². The van der Waals surface area contributed by atoms with Crippen LogP contribution in [0.1, 0.15) is 12.5 Å². The van der Waals surface area contributed by atoms with E-state index >= 15 is 0 Å². The maximum absolute atomic E-state index is 10.3. The maximum Gasteiger partial charge on any atom is 0.243 e. The van der Waals surface area contributed by atoms with Crippen molar-refractivity contribution >= 4 is 22.0 Å². The van der Waals surface area contributed by atoms with E-state index in [2.05, 4.69) is 15.9 Å². The molecule has 1 aromatic rings. The van der Waals surface area contributed by atoms with Crippen LogP contribution in [0.4, 0.5) is 0 Å². The molecule has 3 nitrogen and oxygen atoms in total. The van der Waals surface area contributed by atoms with Crippen LogP contribution in [-0.2, 0) is 0 Å². The van der Waals surface area contributed by atoms with E-state index in [-0.39, 0.29) is 5.70 Å². The zero-order chi connectivity index (χ0) is 9.84. The third kappa shape index (κ3) is 2.99. The van der Waals surface area contributed by atoms with Gasteiger partial charge in [-0.15, -0.1) is 0 Å². The molecule has 68 valence electrons. The van der Waals surface area contributed by atoms with Gasteiger partial charge in [-0.2, -0.15) is 0 Å². The minimum absolute atomic E-state index is 0.137. The van der Waals surface area contributed by atoms with Crippen molar-refractivity contribution < 1.29 is 4.92 Å². The molecule has 4 heteroatoms. The summed E-state index contributed by atoms with van der Waals surface area (Å²) >= 11 is 3.29. The molecule has 0 heterocycles. The van der Waals surface area contributed by atoms with Gasteiger partial charge in [-0.1, -0.05) is 28.1 Å². The Morgan fingerprint density at radius 1 is 1.62 bits per heavy atom. The number of rotatable bonds is 2. The molecule has 0 spiro atoms. The Balaban J connectivity index is 2.97. The summed E-state index contributed by atoms with van der Waals surface area (Å²) in [6.07, 6.45) is 1.53. The molecule has 0 radical (unpaired) electrons. The van der Waals surface area contributed by atoms with Gasteiger partial charge < -0.3 is 0 Å². The summed E-state index contributed by atoms with van der Waals surface area (Å²) in [6, 6.07) is 7.35. The van der Waals surface area contributed by atoms with E-state index in [4.69, 9.17) is 0 Å². The Morgan fingerprint density at radius 2 is 2.31 bits per heavy atom. The lowest BCUT2D eigenvalue weighted by molar-refractivity contribution is -0.422. The molecule has 1 aromatic carbocycles. The third-order valence-electron chi connectivity index (χ3n) is 1.51. The second kappa shape index (κ2) is 4.18. The van der Waals surface area contributed by atoms with E-state index in [1.54, 1.807) is 0 Å². The van der Waals surface area contributed by atoms with Gasteiger partial charge in [-0.05, 0) is 17.7 Å². The maximum atomic E-state index is 10.3. The highest BCUT2D eigenvalue weighted by Crippen LogP contribution is 2.14. The number of hydrogen-bond acceptors (Lipinski definition) is 2. The van der Waals surface area contributed by atoms with Crippen LogP contribution in [-0.4, -0.2) is 4.92 Å². The van der Waals surface area contributed by atoms with Gasteiger partial charge in [-0.25, -0.2) is 0 Å². The molecular weight excluding hydrogens is 234 g/mol. The van der Waals surface area contributed by atoms with E-state index in [1.165, 1.54) is 13.0 Å². The first kappa shape index (κ1) is 9.92. The van der Waals surface area contributed by atoms with Gasteiger partial charge in [0.25, 0.3) is 0 Å². The van der Waals surface area contributed by atoms with E-state index in [9.17, 15) is 10.1 Å². The van der Waals surface area contributed by atoms with E-state index in [1.807, 2.05) is 24.3 Å². The number of nitro groups is 1. The van der Waals surface area contributed by atoms with Crippen molar-refractivity contribution in [3.63, 3.8) is 0 Å². The number of benzene rings is 1. The first-order valence-corrected chi connectivity index (χ1v) is 4.47. The predicted octanol–water partition coefficient (Wildman–Crippen LogP) is 3.09. The van der Waals surface area contributed by atoms with Crippen molar-refractivity contribution in [2.75, 3.05) is 0 Å². The number of allylic oxidation sites excluding steroid dienone is 1. The molecular formula is C9H8BrNO2. The molecule has 0 unspecified atom stereocenters. The first-order chi connectivity index (χ1) is 6.09. The van der Waals surface area contributed by atoms with Gasteiger partial charge >= 0.3 is 0 Å². The number of hydrogen-bond donors (Lipinski definition) is 0. The number of halogens is 1. The quantitative estimate of drug-likeness (QED) is 0.590. The smallest absolute Gasteiger partial charge is 0.243 e. The van der Waals surface area contributed by atoms with Crippen LogP contribution in [0.25, 0.3) is 6.08 Å². The fraction of sp³-hybridized carbons (Fsp3) is 0.111. The SMILES string of the molecule is C/C(=C/c1cccc(Br)c1)[N+](=O)[O-]. The molecule has 0 fully saturated rings. The van der Waals surface area contributed by atoms with E-state index in [0.717, 1.165) is 10.0 Å². The van der Waals surface area contributed by atoms with Crippen LogP contribution in [0, 0.1) is 10.1 Å². The average molecular weight is 242 g/mol. The Hall–Kier alpha value is -1.16. The van der Waals surface area contributed by atoms with E-state index < -0.39 is 4.92 Å². The zero-order valence-corrected chi connectivity index (χ0v) is 8.61. The molecule has 1 rings (SSSR count). The molecule has 0 saturated carbocycles. The van der Waals surface area contributed by atoms with Crippen molar-refractivity contribution in [3.8, 4) is 0 Å². The Kier molecular flexibility index (Phi) is 3.19. The first-order valence-electron chi connectivity index (χ1n) is 3.68. The monoisotopic (exact) mass is 241 g/mol. The van der Waals surface area contributed by atoms with Crippen LogP contribution < -0.4 is 0 Å². The van der Waals surface area contributed by atoms with Crippen molar-refractivity contribution in [2.24, 2.45) is 0 Å². The highest BCUT2D eigenvalue weighted by Gasteiger charge is 2.01. The fourth-order valence-corrected chi connectivity index (χ4v) is 1.31. The summed E-state index contributed by atoms with van der Waals surface area (Å²) in [6.45, 7) is 1.47. The molecule has 0 aliphatic heterocycles. The lowest BCUT2D eigenvalue weighted by Gasteiger charge is -1.94. The summed E-state index contributed by atoms with van der Waals surface area (Å²) in [4.78, 5) is 9.91. The highest BCUT2D eigenvalue weighted by molar-refractivity contribution is 9.10. The van der Waals surface area contributed by atoms with Crippen LogP contribution in [0.15, 0.2) is 34.4 Å². The minimum atomic E-state index is -0.402. The van der Waals surface area contributed by atoms with Crippen LogP contribution in [0.2, 0.25) is 0 Å². The molecule has 0 saturated heterocycles. The van der Waals surface area contributed by atoms with E-state index in [0.29, 0.717) is 0 Å². The number of nitrogens with zero attached hydrogens (tertiary/aromatic N) is 1. The third-order valence-corrected chi connectivity index (χ3v) is 2.01. The Morgan fingerprint density at radius 3 is 2.85 bits per heavy atom. The van der Waals surface area contributed by atoms with Crippen LogP contribution >= 0.6 is 15.9 Å². The second-order valence-corrected chi connectivity index (χ2v) is 3.51. The molecule has 0 aromatic heterocycles. The summed E-state index contributed by atoms with van der Waals surface area (Å²) in [5.74, 6) is 0. The average Bonchev–Trinajstić information content (AvgIpc) is 2.04. The van der Waals surface area contributed by atoms with Gasteiger partial charge in [0.2, 0.25) is 5.70 Å². The van der Waals surface area contributed by atoms with Crippen molar-refractivity contribution in [1.82, 2.24) is 0 Å². The largest absolute Gasteiger partial charge is 0.259 e. The van der Waals surface area contributed by atoms with Gasteiger partial charge in [0.05, 0.1) is 4.92 Å². The molecule has 0 bridgehead atoms. The van der Waals surface area contributed by atoms with Gasteiger partial charge in [0.1, 0.15) is 0 Å². The molecule has 0 N–H and O–H groups in total. The lowest BCUT2D eigenvalue weighted by atomic mass is 10.2. The van der Waals surface area contributed by atoms with Gasteiger partial charge in [-0.3, -0.25) is 10.1 Å². The second-order valence-electron chi connectivity index (χ2n) is 2.60. The summed E-state index contributed by atoms with van der Waals surface area (Å²) < 4.78 is 0.914. The topological polar surface area (TPSA) is 43.1 Å². The molecule has 0 amide bonds. The fourth-order valence-electron chi connectivity index (χ4n) is 0.890. The van der Waals surface area contributed by atoms with Crippen LogP contribution in [0.5, 0.6) is 0 Å². The van der Waals surface area contributed by atoms with Gasteiger partial charge in [0.15, 0.2) is 0 Å². The highest BCUT2D eigenvalue weighted by atomic mass is 79.9. The Labute approximate surface area is 84.4 Å². The minimum Gasteiger partial charge on any atom is -0.259 e. The molecule has 13 heavy (non-hydrogen) atoms. The van der Waals surface area contributed by atoms with Crippen molar-refractivity contribution in [1.29, 1.82) is 0 Å². The van der Waals surface area contributed by atoms with Crippen molar-refractivity contribution in [3.05, 3.63) is 50.1 Å². The zero-order valence-electron chi connectivity index (χ0n) is 7.03. The normalized spacial score (nSPS) is 11.4. The summed E-state index contributed by atoms with van der Waals surface area (Å²) in [5.41, 5.74) is 0.960. The predicted molar refractivity (Wildman–Crippen MR) is 54.8 cm³/mol. The standard InChI is InChI=1S/C9H8BrNO2/c1-7(11(12)13)5-8-3-2-4-9(10)6-8/h2-6H,1H3/b7-5-. The van der Waals surface area contributed by atoms with Crippen molar-refractivity contribution in [2.45, 2.75) is 6.92 Å². The summed E-state index contributed by atoms with van der Waals surface area (Å²) in [7, 11) is 0. The molecule has 0 aliphatic carbocycles. The molecule has 0 atom stereocenters. The van der Waals surface area contributed by atoms with Crippen LogP contribution in [0.3, 0.4) is 0 Å². The summed E-state index contributed by atoms with van der Waals surface area (Å²) in [5, 5.41) is 10.3.